The molecule has 0 aromatic carbocycles. The minimum atomic E-state index is -3.27. The van der Waals surface area contributed by atoms with E-state index in [0.29, 0.717) is 0 Å². The van der Waals surface area contributed by atoms with Crippen molar-refractivity contribution in [3.8, 4) is 0 Å². The molecule has 1 heterocycles. The lowest BCUT2D eigenvalue weighted by Crippen LogP contribution is -2.44. The monoisotopic (exact) mass is 221 g/mol. The van der Waals surface area contributed by atoms with Gasteiger partial charge < -0.3 is 5.32 Å². The van der Waals surface area contributed by atoms with Crippen LogP contribution >= 0.6 is 0 Å². The highest BCUT2D eigenvalue weighted by molar-refractivity contribution is 7.87. The van der Waals surface area contributed by atoms with E-state index in [1.165, 1.54) is 7.05 Å². The fourth-order valence-electron chi connectivity index (χ4n) is 1.42. The summed E-state index contributed by atoms with van der Waals surface area (Å²) in [5.41, 5.74) is 0. The molecule has 84 valence electrons. The molecular weight excluding hydrogens is 202 g/mol. The van der Waals surface area contributed by atoms with Gasteiger partial charge in [-0.2, -0.15) is 13.1 Å². The van der Waals surface area contributed by atoms with Crippen LogP contribution in [0.4, 0.5) is 0 Å². The van der Waals surface area contributed by atoms with Crippen LogP contribution in [0.15, 0.2) is 0 Å². The molecule has 1 saturated heterocycles. The van der Waals surface area contributed by atoms with E-state index in [1.807, 2.05) is 6.92 Å². The average Bonchev–Trinajstić information content (AvgIpc) is 2.00. The molecule has 0 aliphatic carbocycles. The molecule has 1 atom stereocenters. The second-order valence-electron chi connectivity index (χ2n) is 3.83. The number of rotatable bonds is 6. The third-order valence-corrected chi connectivity index (χ3v) is 3.75. The first-order valence-electron chi connectivity index (χ1n) is 4.95. The lowest BCUT2D eigenvalue weighted by Gasteiger charge is -2.28. The van der Waals surface area contributed by atoms with Gasteiger partial charge in [-0.15, -0.1) is 0 Å². The van der Waals surface area contributed by atoms with E-state index in [9.17, 15) is 8.42 Å². The lowest BCUT2D eigenvalue weighted by molar-refractivity contribution is 0.311. The summed E-state index contributed by atoms with van der Waals surface area (Å²) in [6.45, 7) is 4.04. The predicted octanol–water partition coefficient (Wildman–Crippen LogP) is -0.572. The van der Waals surface area contributed by atoms with E-state index < -0.39 is 10.2 Å². The molecule has 0 radical (unpaired) electrons. The SMILES string of the molecule is CNS(=O)(=O)NC(C)CCC1CNC1. The summed E-state index contributed by atoms with van der Waals surface area (Å²) in [6, 6.07) is 0.00745. The summed E-state index contributed by atoms with van der Waals surface area (Å²) in [5, 5.41) is 3.19. The number of hydrogen-bond acceptors (Lipinski definition) is 3. The van der Waals surface area contributed by atoms with Gasteiger partial charge in [0.15, 0.2) is 0 Å². The van der Waals surface area contributed by atoms with Gasteiger partial charge in [0.2, 0.25) is 0 Å². The molecule has 6 heteroatoms. The lowest BCUT2D eigenvalue weighted by atomic mass is 9.96. The Bertz CT molecular complexity index is 262. The third kappa shape index (κ3) is 3.91. The summed E-state index contributed by atoms with van der Waals surface area (Å²) in [5.74, 6) is 0.733. The highest BCUT2D eigenvalue weighted by Crippen LogP contribution is 2.12. The van der Waals surface area contributed by atoms with E-state index in [-0.39, 0.29) is 6.04 Å². The standard InChI is InChI=1S/C8H19N3O2S/c1-7(11-14(12,13)9-2)3-4-8-5-10-6-8/h7-11H,3-6H2,1-2H3. The molecule has 14 heavy (non-hydrogen) atoms. The number of hydrogen-bond donors (Lipinski definition) is 3. The molecule has 0 aromatic rings. The van der Waals surface area contributed by atoms with Gasteiger partial charge in [0.05, 0.1) is 0 Å². The van der Waals surface area contributed by atoms with Crippen molar-refractivity contribution in [3.63, 3.8) is 0 Å². The van der Waals surface area contributed by atoms with Crippen molar-refractivity contribution in [2.24, 2.45) is 5.92 Å². The van der Waals surface area contributed by atoms with Crippen LogP contribution in [0.5, 0.6) is 0 Å². The largest absolute Gasteiger partial charge is 0.316 e. The Morgan fingerprint density at radius 2 is 2.14 bits per heavy atom. The number of nitrogens with one attached hydrogen (secondary N) is 3. The maximum Gasteiger partial charge on any atom is 0.276 e. The summed E-state index contributed by atoms with van der Waals surface area (Å²) in [4.78, 5) is 0. The Balaban J connectivity index is 2.17. The summed E-state index contributed by atoms with van der Waals surface area (Å²) in [6.07, 6.45) is 1.98. The smallest absolute Gasteiger partial charge is 0.276 e. The normalized spacial score (nSPS) is 20.4. The minimum absolute atomic E-state index is 0.00745. The summed E-state index contributed by atoms with van der Waals surface area (Å²) < 4.78 is 27.0. The Kier molecular flexibility index (Phi) is 4.31. The van der Waals surface area contributed by atoms with Crippen LogP contribution in [0.1, 0.15) is 19.8 Å². The van der Waals surface area contributed by atoms with Crippen LogP contribution in [0, 0.1) is 5.92 Å². The molecular formula is C8H19N3O2S. The predicted molar refractivity (Wildman–Crippen MR) is 56.2 cm³/mol. The molecule has 1 fully saturated rings. The Labute approximate surface area is 85.8 Å². The molecule has 0 bridgehead atoms. The maximum atomic E-state index is 11.1. The molecule has 1 aliphatic rings. The van der Waals surface area contributed by atoms with Gasteiger partial charge in [0, 0.05) is 13.1 Å². The van der Waals surface area contributed by atoms with E-state index in [2.05, 4.69) is 14.8 Å². The molecule has 0 saturated carbocycles. The van der Waals surface area contributed by atoms with Crippen LogP contribution < -0.4 is 14.8 Å². The highest BCUT2D eigenvalue weighted by atomic mass is 32.2. The zero-order valence-corrected chi connectivity index (χ0v) is 9.52. The van der Waals surface area contributed by atoms with Gasteiger partial charge in [0.25, 0.3) is 10.2 Å². The molecule has 1 aliphatic heterocycles. The Morgan fingerprint density at radius 1 is 1.50 bits per heavy atom. The summed E-state index contributed by atoms with van der Waals surface area (Å²) in [7, 11) is -1.86. The molecule has 3 N–H and O–H groups in total. The fourth-order valence-corrected chi connectivity index (χ4v) is 2.19. The Morgan fingerprint density at radius 3 is 2.57 bits per heavy atom. The second-order valence-corrected chi connectivity index (χ2v) is 5.48. The van der Waals surface area contributed by atoms with Crippen LogP contribution in [-0.4, -0.2) is 34.6 Å². The topological polar surface area (TPSA) is 70.2 Å². The third-order valence-electron chi connectivity index (χ3n) is 2.50. The molecule has 0 spiro atoms. The molecule has 1 unspecified atom stereocenters. The zero-order chi connectivity index (χ0) is 10.6. The van der Waals surface area contributed by atoms with E-state index in [1.54, 1.807) is 0 Å². The van der Waals surface area contributed by atoms with Gasteiger partial charge in [0.1, 0.15) is 0 Å². The molecule has 0 aromatic heterocycles. The van der Waals surface area contributed by atoms with E-state index in [4.69, 9.17) is 0 Å². The average molecular weight is 221 g/mol. The van der Waals surface area contributed by atoms with Gasteiger partial charge >= 0.3 is 0 Å². The molecule has 5 nitrogen and oxygen atoms in total. The molecule has 0 amide bonds. The van der Waals surface area contributed by atoms with Crippen molar-refractivity contribution < 1.29 is 8.42 Å². The zero-order valence-electron chi connectivity index (χ0n) is 8.71. The van der Waals surface area contributed by atoms with E-state index in [0.717, 1.165) is 31.8 Å². The van der Waals surface area contributed by atoms with Crippen molar-refractivity contribution in [1.82, 2.24) is 14.8 Å². The maximum absolute atomic E-state index is 11.1. The van der Waals surface area contributed by atoms with E-state index >= 15 is 0 Å². The van der Waals surface area contributed by atoms with Crippen LogP contribution in [0.3, 0.4) is 0 Å². The van der Waals surface area contributed by atoms with Crippen LogP contribution in [0.2, 0.25) is 0 Å². The van der Waals surface area contributed by atoms with Gasteiger partial charge in [-0.3, -0.25) is 0 Å². The van der Waals surface area contributed by atoms with Crippen molar-refractivity contribution >= 4 is 10.2 Å². The van der Waals surface area contributed by atoms with Gasteiger partial charge in [-0.1, -0.05) is 0 Å². The first kappa shape index (κ1) is 11.9. The van der Waals surface area contributed by atoms with Crippen molar-refractivity contribution in [2.45, 2.75) is 25.8 Å². The second kappa shape index (κ2) is 5.06. The first-order chi connectivity index (χ1) is 6.53. The van der Waals surface area contributed by atoms with Gasteiger partial charge in [-0.05, 0) is 38.8 Å². The minimum Gasteiger partial charge on any atom is -0.316 e. The highest BCUT2D eigenvalue weighted by Gasteiger charge is 2.18. The van der Waals surface area contributed by atoms with Gasteiger partial charge in [-0.25, -0.2) is 4.72 Å². The van der Waals surface area contributed by atoms with Crippen LogP contribution in [-0.2, 0) is 10.2 Å². The Hall–Kier alpha value is -0.170. The van der Waals surface area contributed by atoms with Crippen molar-refractivity contribution in [2.75, 3.05) is 20.1 Å². The first-order valence-corrected chi connectivity index (χ1v) is 6.43. The van der Waals surface area contributed by atoms with Crippen molar-refractivity contribution in [3.05, 3.63) is 0 Å². The fraction of sp³-hybridized carbons (Fsp3) is 1.00. The quantitative estimate of drug-likeness (QED) is 0.562. The van der Waals surface area contributed by atoms with Crippen molar-refractivity contribution in [1.29, 1.82) is 0 Å². The molecule has 1 rings (SSSR count). The van der Waals surface area contributed by atoms with Crippen LogP contribution in [0.25, 0.3) is 0 Å². The summed E-state index contributed by atoms with van der Waals surface area (Å²) >= 11 is 0.